The quantitative estimate of drug-likeness (QED) is 0.733. The van der Waals surface area contributed by atoms with E-state index < -0.39 is 0 Å². The predicted molar refractivity (Wildman–Crippen MR) is 70.8 cm³/mol. The Kier molecular flexibility index (Phi) is 3.83. The SMILES string of the molecule is C[C@H]1CN(C)CCC1c1cccc(OP)c1. The van der Waals surface area contributed by atoms with Gasteiger partial charge in [0, 0.05) is 6.54 Å². The number of likely N-dealkylation sites (tertiary alicyclic amines) is 1. The first kappa shape index (κ1) is 11.9. The van der Waals surface area contributed by atoms with Crippen LogP contribution in [0, 0.1) is 5.92 Å². The number of benzene rings is 1. The van der Waals surface area contributed by atoms with Crippen molar-refractivity contribution in [2.45, 2.75) is 19.3 Å². The van der Waals surface area contributed by atoms with E-state index in [4.69, 9.17) is 4.52 Å². The fourth-order valence-corrected chi connectivity index (χ4v) is 2.81. The molecule has 3 atom stereocenters. The average molecular weight is 237 g/mol. The van der Waals surface area contributed by atoms with Crippen LogP contribution < -0.4 is 4.52 Å². The van der Waals surface area contributed by atoms with Crippen molar-refractivity contribution in [1.29, 1.82) is 0 Å². The van der Waals surface area contributed by atoms with Crippen molar-refractivity contribution in [2.24, 2.45) is 5.92 Å². The van der Waals surface area contributed by atoms with Crippen LogP contribution in [-0.2, 0) is 0 Å². The molecule has 1 aliphatic rings. The monoisotopic (exact) mass is 237 g/mol. The zero-order valence-electron chi connectivity index (χ0n) is 10.0. The summed E-state index contributed by atoms with van der Waals surface area (Å²) in [5.41, 5.74) is 1.42. The molecule has 0 radical (unpaired) electrons. The van der Waals surface area contributed by atoms with Crippen LogP contribution >= 0.6 is 9.47 Å². The van der Waals surface area contributed by atoms with Gasteiger partial charge in [0.1, 0.15) is 5.75 Å². The second-order valence-electron chi connectivity index (χ2n) is 4.83. The van der Waals surface area contributed by atoms with E-state index in [2.05, 4.69) is 46.5 Å². The lowest BCUT2D eigenvalue weighted by Crippen LogP contribution is -2.35. The van der Waals surface area contributed by atoms with E-state index in [1.165, 1.54) is 25.1 Å². The van der Waals surface area contributed by atoms with Gasteiger partial charge in [0.05, 0.1) is 9.47 Å². The van der Waals surface area contributed by atoms with Crippen LogP contribution in [0.15, 0.2) is 24.3 Å². The van der Waals surface area contributed by atoms with Gasteiger partial charge in [-0.3, -0.25) is 0 Å². The van der Waals surface area contributed by atoms with Crippen LogP contribution in [0.1, 0.15) is 24.8 Å². The molecule has 0 bridgehead atoms. The highest BCUT2D eigenvalue weighted by Crippen LogP contribution is 2.33. The third-order valence-corrected chi connectivity index (χ3v) is 3.80. The Hall–Kier alpha value is -0.590. The van der Waals surface area contributed by atoms with E-state index in [0.717, 1.165) is 11.7 Å². The highest BCUT2D eigenvalue weighted by atomic mass is 31.0. The zero-order valence-corrected chi connectivity index (χ0v) is 11.2. The lowest BCUT2D eigenvalue weighted by Gasteiger charge is -2.35. The zero-order chi connectivity index (χ0) is 11.5. The number of hydrogen-bond donors (Lipinski definition) is 0. The van der Waals surface area contributed by atoms with E-state index in [0.29, 0.717) is 5.92 Å². The standard InChI is InChI=1S/C13H20NOP/c1-10-9-14(2)7-6-13(10)11-4-3-5-12(8-11)15-16/h3-5,8,10,13H,6-7,9,16H2,1-2H3/t10-,13?/m0/s1. The van der Waals surface area contributed by atoms with Crippen molar-refractivity contribution in [1.82, 2.24) is 4.90 Å². The number of rotatable bonds is 2. The summed E-state index contributed by atoms with van der Waals surface area (Å²) in [7, 11) is 4.51. The van der Waals surface area contributed by atoms with Crippen LogP contribution in [0.5, 0.6) is 5.75 Å². The van der Waals surface area contributed by atoms with Crippen LogP contribution in [-0.4, -0.2) is 25.0 Å². The van der Waals surface area contributed by atoms with Crippen molar-refractivity contribution in [3.8, 4) is 5.75 Å². The molecule has 2 rings (SSSR count). The summed E-state index contributed by atoms with van der Waals surface area (Å²) in [6.45, 7) is 4.73. The Labute approximate surface area is 100 Å². The molecule has 1 fully saturated rings. The molecular weight excluding hydrogens is 217 g/mol. The third-order valence-electron chi connectivity index (χ3n) is 3.53. The summed E-state index contributed by atoms with van der Waals surface area (Å²) in [4.78, 5) is 2.41. The first-order valence-corrected chi connectivity index (χ1v) is 6.33. The molecule has 1 aromatic rings. The topological polar surface area (TPSA) is 12.5 Å². The van der Waals surface area contributed by atoms with Gasteiger partial charge in [-0.15, -0.1) is 0 Å². The molecule has 2 unspecified atom stereocenters. The highest BCUT2D eigenvalue weighted by Gasteiger charge is 2.25. The Bertz CT molecular complexity index is 356. The molecule has 1 aliphatic heterocycles. The summed E-state index contributed by atoms with van der Waals surface area (Å²) in [5.74, 6) is 2.34. The normalized spacial score (nSPS) is 26.7. The van der Waals surface area contributed by atoms with Crippen LogP contribution in [0.4, 0.5) is 0 Å². The van der Waals surface area contributed by atoms with E-state index in [9.17, 15) is 0 Å². The number of nitrogens with zero attached hydrogens (tertiary/aromatic N) is 1. The van der Waals surface area contributed by atoms with Crippen molar-refractivity contribution in [3.05, 3.63) is 29.8 Å². The van der Waals surface area contributed by atoms with Crippen molar-refractivity contribution in [2.75, 3.05) is 20.1 Å². The minimum atomic E-state index is 0.677. The lowest BCUT2D eigenvalue weighted by molar-refractivity contribution is 0.195. The Morgan fingerprint density at radius 1 is 1.44 bits per heavy atom. The smallest absolute Gasteiger partial charge is 0.122 e. The van der Waals surface area contributed by atoms with Gasteiger partial charge in [0.15, 0.2) is 0 Å². The highest BCUT2D eigenvalue weighted by molar-refractivity contribution is 7.10. The van der Waals surface area contributed by atoms with E-state index in [-0.39, 0.29) is 0 Å². The predicted octanol–water partition coefficient (Wildman–Crippen LogP) is 2.91. The summed E-state index contributed by atoms with van der Waals surface area (Å²) in [6, 6.07) is 8.47. The molecule has 0 N–H and O–H groups in total. The van der Waals surface area contributed by atoms with E-state index in [1.54, 1.807) is 0 Å². The van der Waals surface area contributed by atoms with Crippen molar-refractivity contribution < 1.29 is 4.52 Å². The largest absolute Gasteiger partial charge is 0.480 e. The molecule has 0 aliphatic carbocycles. The van der Waals surface area contributed by atoms with Crippen LogP contribution in [0.3, 0.4) is 0 Å². The molecule has 0 saturated carbocycles. The minimum absolute atomic E-state index is 0.677. The molecule has 0 spiro atoms. The van der Waals surface area contributed by atoms with Gasteiger partial charge in [0.2, 0.25) is 0 Å². The molecular formula is C13H20NOP. The van der Waals surface area contributed by atoms with Gasteiger partial charge in [-0.2, -0.15) is 0 Å². The molecule has 1 heterocycles. The van der Waals surface area contributed by atoms with Gasteiger partial charge in [0.25, 0.3) is 0 Å². The fraction of sp³-hybridized carbons (Fsp3) is 0.538. The maximum atomic E-state index is 5.21. The second-order valence-corrected chi connectivity index (χ2v) is 5.06. The lowest BCUT2D eigenvalue weighted by atomic mass is 9.82. The second kappa shape index (κ2) is 5.16. The van der Waals surface area contributed by atoms with E-state index in [1.807, 2.05) is 6.07 Å². The summed E-state index contributed by atoms with van der Waals surface area (Å²) in [5, 5.41) is 0. The maximum Gasteiger partial charge on any atom is 0.122 e. The van der Waals surface area contributed by atoms with Crippen LogP contribution in [0.25, 0.3) is 0 Å². The molecule has 16 heavy (non-hydrogen) atoms. The summed E-state index contributed by atoms with van der Waals surface area (Å²) >= 11 is 0. The molecule has 1 aromatic carbocycles. The molecule has 2 nitrogen and oxygen atoms in total. The van der Waals surface area contributed by atoms with Crippen molar-refractivity contribution >= 4 is 9.47 Å². The first-order valence-electron chi connectivity index (χ1n) is 5.86. The van der Waals surface area contributed by atoms with Gasteiger partial charge >= 0.3 is 0 Å². The van der Waals surface area contributed by atoms with Gasteiger partial charge in [-0.1, -0.05) is 19.1 Å². The number of hydrogen-bond acceptors (Lipinski definition) is 2. The molecule has 3 heteroatoms. The summed E-state index contributed by atoms with van der Waals surface area (Å²) in [6.07, 6.45) is 1.25. The fourth-order valence-electron chi connectivity index (χ4n) is 2.67. The maximum absolute atomic E-state index is 5.21. The summed E-state index contributed by atoms with van der Waals surface area (Å²) < 4.78 is 5.21. The Balaban J connectivity index is 2.16. The van der Waals surface area contributed by atoms with Crippen molar-refractivity contribution in [3.63, 3.8) is 0 Å². The average Bonchev–Trinajstić information content (AvgIpc) is 2.29. The Morgan fingerprint density at radius 3 is 2.94 bits per heavy atom. The van der Waals surface area contributed by atoms with Gasteiger partial charge in [-0.25, -0.2) is 0 Å². The number of piperidine rings is 1. The minimum Gasteiger partial charge on any atom is -0.480 e. The Morgan fingerprint density at radius 2 is 2.25 bits per heavy atom. The molecule has 0 amide bonds. The van der Waals surface area contributed by atoms with Gasteiger partial charge in [-0.05, 0) is 49.5 Å². The molecule has 0 aromatic heterocycles. The van der Waals surface area contributed by atoms with E-state index >= 15 is 0 Å². The van der Waals surface area contributed by atoms with Crippen LogP contribution in [0.2, 0.25) is 0 Å². The third kappa shape index (κ3) is 2.56. The van der Waals surface area contributed by atoms with Gasteiger partial charge < -0.3 is 9.42 Å². The first-order chi connectivity index (χ1) is 7.70. The molecule has 88 valence electrons. The molecule has 1 saturated heterocycles.